The van der Waals surface area contributed by atoms with E-state index >= 15 is 0 Å². The Morgan fingerprint density at radius 2 is 1.90 bits per heavy atom. The minimum absolute atomic E-state index is 0.156. The Kier molecular flexibility index (Phi) is 6.05. The van der Waals surface area contributed by atoms with Gasteiger partial charge in [-0.2, -0.15) is 0 Å². The number of carbonyl (C=O) groups excluding carboxylic acids is 2. The molecular formula is C25H21ClN2O3. The van der Waals surface area contributed by atoms with Crippen LogP contribution in [0.25, 0.3) is 6.08 Å². The standard InChI is InChI=1S/C25H21ClN2O3/c1-16(18-7-3-2-4-8-18)15-27-24(29)19-10-11-22-21(14-19)28-25(30)23(31-22)13-17-6-5-9-20(26)12-17/h2-14,16H,15H2,1H3,(H,27,29)(H,28,30). The second-order valence-electron chi connectivity index (χ2n) is 7.35. The summed E-state index contributed by atoms with van der Waals surface area (Å²) in [4.78, 5) is 25.1. The number of ether oxygens (including phenoxy) is 1. The van der Waals surface area contributed by atoms with Crippen molar-refractivity contribution in [2.75, 3.05) is 11.9 Å². The summed E-state index contributed by atoms with van der Waals surface area (Å²) >= 11 is 6.00. The van der Waals surface area contributed by atoms with Crippen molar-refractivity contribution in [2.45, 2.75) is 12.8 Å². The largest absolute Gasteiger partial charge is 0.449 e. The van der Waals surface area contributed by atoms with Crippen LogP contribution in [0.5, 0.6) is 5.75 Å². The fraction of sp³-hybridized carbons (Fsp3) is 0.120. The van der Waals surface area contributed by atoms with Crippen LogP contribution in [0.3, 0.4) is 0 Å². The Morgan fingerprint density at radius 3 is 2.68 bits per heavy atom. The van der Waals surface area contributed by atoms with Crippen LogP contribution in [0.2, 0.25) is 5.02 Å². The van der Waals surface area contributed by atoms with Crippen LogP contribution in [0, 0.1) is 0 Å². The van der Waals surface area contributed by atoms with E-state index in [9.17, 15) is 9.59 Å². The molecule has 156 valence electrons. The predicted molar refractivity (Wildman–Crippen MR) is 122 cm³/mol. The van der Waals surface area contributed by atoms with Gasteiger partial charge in [-0.05, 0) is 53.5 Å². The van der Waals surface area contributed by atoms with E-state index in [4.69, 9.17) is 16.3 Å². The molecule has 0 bridgehead atoms. The number of benzene rings is 3. The average Bonchev–Trinajstić information content (AvgIpc) is 2.78. The number of anilines is 1. The highest BCUT2D eigenvalue weighted by Crippen LogP contribution is 2.32. The fourth-order valence-electron chi connectivity index (χ4n) is 3.30. The van der Waals surface area contributed by atoms with Gasteiger partial charge in [-0.3, -0.25) is 9.59 Å². The minimum Gasteiger partial charge on any atom is -0.449 e. The van der Waals surface area contributed by atoms with Crippen molar-refractivity contribution in [1.82, 2.24) is 5.32 Å². The van der Waals surface area contributed by atoms with Crippen LogP contribution in [0.1, 0.15) is 34.3 Å². The molecule has 4 rings (SSSR count). The normalized spacial score (nSPS) is 14.9. The predicted octanol–water partition coefficient (Wildman–Crippen LogP) is 5.25. The molecule has 5 nitrogen and oxygen atoms in total. The second kappa shape index (κ2) is 9.06. The van der Waals surface area contributed by atoms with Gasteiger partial charge in [0.2, 0.25) is 0 Å². The summed E-state index contributed by atoms with van der Waals surface area (Å²) in [5.41, 5.74) is 2.82. The highest BCUT2D eigenvalue weighted by Gasteiger charge is 2.23. The second-order valence-corrected chi connectivity index (χ2v) is 7.79. The third kappa shape index (κ3) is 4.95. The molecule has 1 aliphatic heterocycles. The van der Waals surface area contributed by atoms with Gasteiger partial charge in [-0.25, -0.2) is 0 Å². The van der Waals surface area contributed by atoms with Crippen molar-refractivity contribution >= 4 is 35.2 Å². The first-order chi connectivity index (χ1) is 15.0. The van der Waals surface area contributed by atoms with Crippen LogP contribution >= 0.6 is 11.6 Å². The SMILES string of the molecule is CC(CNC(=O)c1ccc2c(c1)NC(=O)C(=Cc1cccc(Cl)c1)O2)c1ccccc1. The molecule has 0 fully saturated rings. The molecule has 2 N–H and O–H groups in total. The van der Waals surface area contributed by atoms with Gasteiger partial charge >= 0.3 is 0 Å². The number of hydrogen-bond donors (Lipinski definition) is 2. The van der Waals surface area contributed by atoms with E-state index in [2.05, 4.69) is 17.6 Å². The lowest BCUT2D eigenvalue weighted by Gasteiger charge is -2.21. The van der Waals surface area contributed by atoms with E-state index in [0.717, 1.165) is 11.1 Å². The van der Waals surface area contributed by atoms with Gasteiger partial charge in [0.15, 0.2) is 11.5 Å². The lowest BCUT2D eigenvalue weighted by Crippen LogP contribution is -2.28. The summed E-state index contributed by atoms with van der Waals surface area (Å²) in [6.07, 6.45) is 1.62. The third-order valence-corrected chi connectivity index (χ3v) is 5.25. The van der Waals surface area contributed by atoms with Crippen molar-refractivity contribution in [2.24, 2.45) is 0 Å². The summed E-state index contributed by atoms with van der Waals surface area (Å²) in [5.74, 6) is 0.221. The van der Waals surface area contributed by atoms with Crippen molar-refractivity contribution in [3.05, 3.63) is 100 Å². The van der Waals surface area contributed by atoms with Gasteiger partial charge in [0.1, 0.15) is 0 Å². The summed E-state index contributed by atoms with van der Waals surface area (Å²) in [6.45, 7) is 2.57. The molecule has 0 aromatic heterocycles. The molecule has 3 aromatic carbocycles. The molecule has 1 aliphatic rings. The number of hydrogen-bond acceptors (Lipinski definition) is 3. The highest BCUT2D eigenvalue weighted by atomic mass is 35.5. The number of carbonyl (C=O) groups is 2. The molecular weight excluding hydrogens is 412 g/mol. The smallest absolute Gasteiger partial charge is 0.291 e. The van der Waals surface area contributed by atoms with Crippen molar-refractivity contribution in [1.29, 1.82) is 0 Å². The molecule has 0 saturated heterocycles. The average molecular weight is 433 g/mol. The first-order valence-electron chi connectivity index (χ1n) is 9.93. The number of halogens is 1. The van der Waals surface area contributed by atoms with Gasteiger partial charge in [0, 0.05) is 17.1 Å². The van der Waals surface area contributed by atoms with Crippen LogP contribution in [-0.2, 0) is 4.79 Å². The van der Waals surface area contributed by atoms with E-state index in [-0.39, 0.29) is 23.5 Å². The summed E-state index contributed by atoms with van der Waals surface area (Å²) < 4.78 is 5.75. The third-order valence-electron chi connectivity index (χ3n) is 5.02. The Morgan fingerprint density at radius 1 is 1.10 bits per heavy atom. The lowest BCUT2D eigenvalue weighted by atomic mass is 10.0. The Bertz CT molecular complexity index is 1160. The molecule has 0 saturated carbocycles. The molecule has 0 aliphatic carbocycles. The molecule has 2 amide bonds. The number of nitrogens with one attached hydrogen (secondary N) is 2. The molecule has 0 spiro atoms. The quantitative estimate of drug-likeness (QED) is 0.541. The zero-order valence-corrected chi connectivity index (χ0v) is 17.6. The van der Waals surface area contributed by atoms with Crippen molar-refractivity contribution in [3.63, 3.8) is 0 Å². The van der Waals surface area contributed by atoms with Crippen LogP contribution < -0.4 is 15.4 Å². The number of amides is 2. The van der Waals surface area contributed by atoms with Crippen LogP contribution in [-0.4, -0.2) is 18.4 Å². The van der Waals surface area contributed by atoms with Gasteiger partial charge in [-0.15, -0.1) is 0 Å². The van der Waals surface area contributed by atoms with Gasteiger partial charge in [-0.1, -0.05) is 61.0 Å². The van der Waals surface area contributed by atoms with Crippen molar-refractivity contribution in [3.8, 4) is 5.75 Å². The maximum Gasteiger partial charge on any atom is 0.291 e. The fourth-order valence-corrected chi connectivity index (χ4v) is 3.50. The summed E-state index contributed by atoms with van der Waals surface area (Å²) in [5, 5.41) is 6.30. The molecule has 31 heavy (non-hydrogen) atoms. The van der Waals surface area contributed by atoms with Crippen molar-refractivity contribution < 1.29 is 14.3 Å². The lowest BCUT2D eigenvalue weighted by molar-refractivity contribution is -0.115. The molecule has 3 aromatic rings. The van der Waals surface area contributed by atoms with E-state index in [1.807, 2.05) is 36.4 Å². The minimum atomic E-state index is -0.386. The zero-order valence-electron chi connectivity index (χ0n) is 16.9. The first-order valence-corrected chi connectivity index (χ1v) is 10.3. The number of fused-ring (bicyclic) bond motifs is 1. The van der Waals surface area contributed by atoms with Crippen LogP contribution in [0.15, 0.2) is 78.6 Å². The summed E-state index contributed by atoms with van der Waals surface area (Å²) in [6, 6.07) is 22.1. The molecule has 0 radical (unpaired) electrons. The molecule has 6 heteroatoms. The van der Waals surface area contributed by atoms with Gasteiger partial charge in [0.05, 0.1) is 5.69 Å². The monoisotopic (exact) mass is 432 g/mol. The zero-order chi connectivity index (χ0) is 21.8. The van der Waals surface area contributed by atoms with E-state index < -0.39 is 0 Å². The van der Waals surface area contributed by atoms with E-state index in [1.165, 1.54) is 0 Å². The Balaban J connectivity index is 1.45. The van der Waals surface area contributed by atoms with Gasteiger partial charge < -0.3 is 15.4 Å². The molecule has 1 atom stereocenters. The molecule has 1 heterocycles. The van der Waals surface area contributed by atoms with Crippen LogP contribution in [0.4, 0.5) is 5.69 Å². The number of rotatable bonds is 5. The maximum absolute atomic E-state index is 12.6. The Labute approximate surface area is 185 Å². The topological polar surface area (TPSA) is 67.4 Å². The first kappa shape index (κ1) is 20.7. The highest BCUT2D eigenvalue weighted by molar-refractivity contribution is 6.30. The van der Waals surface area contributed by atoms with E-state index in [0.29, 0.717) is 28.6 Å². The Hall–Kier alpha value is -3.57. The molecule has 1 unspecified atom stereocenters. The van der Waals surface area contributed by atoms with Gasteiger partial charge in [0.25, 0.3) is 11.8 Å². The maximum atomic E-state index is 12.6. The van der Waals surface area contributed by atoms with E-state index in [1.54, 1.807) is 42.5 Å². The summed E-state index contributed by atoms with van der Waals surface area (Å²) in [7, 11) is 0.